The predicted octanol–water partition coefficient (Wildman–Crippen LogP) is 3.72. The van der Waals surface area contributed by atoms with Crippen molar-refractivity contribution in [2.45, 2.75) is 51.1 Å². The maximum absolute atomic E-state index is 13.4. The van der Waals surface area contributed by atoms with Crippen LogP contribution in [-0.2, 0) is 9.59 Å². The standard InChI is InChI=1S/C24H26N2O4/c1-16-7-9-17(10-8-16)23(28)25(18-5-3-4-6-18)21-15-22(27)26(24(21)29)19-11-13-20(30-2)14-12-19/h7-14,18,21H,3-6,15H2,1-2H3. The summed E-state index contributed by atoms with van der Waals surface area (Å²) in [7, 11) is 1.56. The van der Waals surface area contributed by atoms with Crippen LogP contribution in [0, 0.1) is 6.92 Å². The summed E-state index contributed by atoms with van der Waals surface area (Å²) in [6.45, 7) is 1.97. The summed E-state index contributed by atoms with van der Waals surface area (Å²) in [6, 6.07) is 13.4. The molecule has 6 heteroatoms. The van der Waals surface area contributed by atoms with E-state index in [0.717, 1.165) is 31.2 Å². The van der Waals surface area contributed by atoms with E-state index in [4.69, 9.17) is 4.74 Å². The van der Waals surface area contributed by atoms with Crippen molar-refractivity contribution in [1.82, 2.24) is 4.90 Å². The second kappa shape index (κ2) is 8.30. The van der Waals surface area contributed by atoms with Crippen molar-refractivity contribution in [2.24, 2.45) is 0 Å². The molecule has 0 N–H and O–H groups in total. The minimum absolute atomic E-state index is 0.0129. The van der Waals surface area contributed by atoms with Gasteiger partial charge in [-0.3, -0.25) is 14.4 Å². The lowest BCUT2D eigenvalue weighted by atomic mass is 10.0. The molecule has 0 bridgehead atoms. The zero-order valence-electron chi connectivity index (χ0n) is 17.3. The highest BCUT2D eigenvalue weighted by Crippen LogP contribution is 2.33. The van der Waals surface area contributed by atoms with Gasteiger partial charge in [-0.1, -0.05) is 30.5 Å². The van der Waals surface area contributed by atoms with Gasteiger partial charge in [0.1, 0.15) is 11.8 Å². The maximum Gasteiger partial charge on any atom is 0.257 e. The second-order valence-corrected chi connectivity index (χ2v) is 8.00. The van der Waals surface area contributed by atoms with Crippen molar-refractivity contribution in [3.8, 4) is 5.75 Å². The number of anilines is 1. The van der Waals surface area contributed by atoms with E-state index < -0.39 is 6.04 Å². The maximum atomic E-state index is 13.4. The molecular weight excluding hydrogens is 380 g/mol. The molecule has 2 aromatic rings. The normalized spacial score (nSPS) is 19.4. The van der Waals surface area contributed by atoms with E-state index >= 15 is 0 Å². The first-order chi connectivity index (χ1) is 14.5. The number of methoxy groups -OCH3 is 1. The highest BCUT2D eigenvalue weighted by Gasteiger charge is 2.47. The van der Waals surface area contributed by atoms with Gasteiger partial charge in [0.05, 0.1) is 19.2 Å². The van der Waals surface area contributed by atoms with E-state index in [1.54, 1.807) is 48.4 Å². The Hall–Kier alpha value is -3.15. The molecule has 4 rings (SSSR count). The van der Waals surface area contributed by atoms with Crippen LogP contribution < -0.4 is 9.64 Å². The minimum Gasteiger partial charge on any atom is -0.497 e. The average Bonchev–Trinajstić information content (AvgIpc) is 3.38. The first-order valence-electron chi connectivity index (χ1n) is 10.4. The Morgan fingerprint density at radius 2 is 1.63 bits per heavy atom. The van der Waals surface area contributed by atoms with Crippen molar-refractivity contribution >= 4 is 23.4 Å². The van der Waals surface area contributed by atoms with Gasteiger partial charge in [0.25, 0.3) is 11.8 Å². The Kier molecular flexibility index (Phi) is 5.57. The summed E-state index contributed by atoms with van der Waals surface area (Å²) in [5, 5.41) is 0. The number of amides is 3. The van der Waals surface area contributed by atoms with E-state index in [1.807, 2.05) is 19.1 Å². The van der Waals surface area contributed by atoms with Crippen LogP contribution in [0.2, 0.25) is 0 Å². The van der Waals surface area contributed by atoms with Gasteiger partial charge in [0, 0.05) is 11.6 Å². The lowest BCUT2D eigenvalue weighted by Gasteiger charge is -2.33. The molecule has 2 fully saturated rings. The van der Waals surface area contributed by atoms with Gasteiger partial charge in [-0.2, -0.15) is 0 Å². The van der Waals surface area contributed by atoms with Gasteiger partial charge in [0.15, 0.2) is 0 Å². The molecule has 1 atom stereocenters. The van der Waals surface area contributed by atoms with Gasteiger partial charge < -0.3 is 9.64 Å². The number of ether oxygens (including phenoxy) is 1. The topological polar surface area (TPSA) is 66.9 Å². The summed E-state index contributed by atoms with van der Waals surface area (Å²) in [5.74, 6) is -0.145. The third-order valence-electron chi connectivity index (χ3n) is 6.04. The number of benzene rings is 2. The third-order valence-corrected chi connectivity index (χ3v) is 6.04. The summed E-state index contributed by atoms with van der Waals surface area (Å²) < 4.78 is 5.16. The van der Waals surface area contributed by atoms with Crippen molar-refractivity contribution in [2.75, 3.05) is 12.0 Å². The summed E-state index contributed by atoms with van der Waals surface area (Å²) in [6.07, 6.45) is 3.79. The number of imide groups is 1. The van der Waals surface area contributed by atoms with Crippen LogP contribution in [0.5, 0.6) is 5.75 Å². The number of hydrogen-bond donors (Lipinski definition) is 0. The Bertz CT molecular complexity index is 946. The quantitative estimate of drug-likeness (QED) is 0.710. The van der Waals surface area contributed by atoms with Gasteiger partial charge in [-0.25, -0.2) is 4.90 Å². The molecule has 0 radical (unpaired) electrons. The molecule has 3 amide bonds. The fourth-order valence-electron chi connectivity index (χ4n) is 4.43. The van der Waals surface area contributed by atoms with E-state index in [9.17, 15) is 14.4 Å². The van der Waals surface area contributed by atoms with E-state index in [1.165, 1.54) is 4.90 Å². The number of carbonyl (C=O) groups is 3. The molecule has 2 aromatic carbocycles. The molecule has 1 heterocycles. The van der Waals surface area contributed by atoms with Crippen LogP contribution >= 0.6 is 0 Å². The lowest BCUT2D eigenvalue weighted by molar-refractivity contribution is -0.123. The van der Waals surface area contributed by atoms with Crippen molar-refractivity contribution in [3.05, 3.63) is 59.7 Å². The highest BCUT2D eigenvalue weighted by atomic mass is 16.5. The molecule has 156 valence electrons. The Morgan fingerprint density at radius 1 is 1.00 bits per heavy atom. The molecule has 30 heavy (non-hydrogen) atoms. The Labute approximate surface area is 176 Å². The predicted molar refractivity (Wildman–Crippen MR) is 113 cm³/mol. The fourth-order valence-corrected chi connectivity index (χ4v) is 4.43. The first kappa shape index (κ1) is 20.1. The molecule has 1 saturated carbocycles. The monoisotopic (exact) mass is 406 g/mol. The van der Waals surface area contributed by atoms with Crippen LogP contribution in [0.25, 0.3) is 0 Å². The Morgan fingerprint density at radius 3 is 2.23 bits per heavy atom. The van der Waals surface area contributed by atoms with Gasteiger partial charge >= 0.3 is 0 Å². The van der Waals surface area contributed by atoms with Crippen molar-refractivity contribution < 1.29 is 19.1 Å². The van der Waals surface area contributed by atoms with E-state index in [-0.39, 0.29) is 30.2 Å². The van der Waals surface area contributed by atoms with Gasteiger partial charge in [-0.05, 0) is 56.2 Å². The van der Waals surface area contributed by atoms with Gasteiger partial charge in [-0.15, -0.1) is 0 Å². The molecule has 1 aliphatic heterocycles. The summed E-state index contributed by atoms with van der Waals surface area (Å²) in [4.78, 5) is 42.5. The number of hydrogen-bond acceptors (Lipinski definition) is 4. The zero-order valence-corrected chi connectivity index (χ0v) is 17.3. The molecule has 1 unspecified atom stereocenters. The third kappa shape index (κ3) is 3.70. The van der Waals surface area contributed by atoms with Crippen LogP contribution in [-0.4, -0.2) is 41.8 Å². The molecule has 2 aliphatic rings. The number of aryl methyl sites for hydroxylation is 1. The van der Waals surface area contributed by atoms with Crippen LogP contribution in [0.1, 0.15) is 48.0 Å². The average molecular weight is 406 g/mol. The summed E-state index contributed by atoms with van der Waals surface area (Å²) in [5.41, 5.74) is 2.12. The molecular formula is C24H26N2O4. The van der Waals surface area contributed by atoms with Crippen LogP contribution in [0.4, 0.5) is 5.69 Å². The van der Waals surface area contributed by atoms with E-state index in [0.29, 0.717) is 17.0 Å². The Balaban J connectivity index is 1.65. The molecule has 1 aliphatic carbocycles. The van der Waals surface area contributed by atoms with Crippen LogP contribution in [0.3, 0.4) is 0 Å². The number of rotatable bonds is 5. The fraction of sp³-hybridized carbons (Fsp3) is 0.375. The number of carbonyl (C=O) groups excluding carboxylic acids is 3. The highest BCUT2D eigenvalue weighted by molar-refractivity contribution is 6.23. The largest absolute Gasteiger partial charge is 0.497 e. The molecule has 6 nitrogen and oxygen atoms in total. The zero-order chi connectivity index (χ0) is 21.3. The lowest BCUT2D eigenvalue weighted by Crippen LogP contribution is -2.50. The SMILES string of the molecule is COc1ccc(N2C(=O)CC(N(C(=O)c3ccc(C)cc3)C3CCCC3)C2=O)cc1. The summed E-state index contributed by atoms with van der Waals surface area (Å²) >= 11 is 0. The number of nitrogens with zero attached hydrogens (tertiary/aromatic N) is 2. The van der Waals surface area contributed by atoms with Crippen molar-refractivity contribution in [1.29, 1.82) is 0 Å². The van der Waals surface area contributed by atoms with Crippen molar-refractivity contribution in [3.63, 3.8) is 0 Å². The van der Waals surface area contributed by atoms with E-state index in [2.05, 4.69) is 0 Å². The first-order valence-corrected chi connectivity index (χ1v) is 10.4. The second-order valence-electron chi connectivity index (χ2n) is 8.00. The minimum atomic E-state index is -0.767. The van der Waals surface area contributed by atoms with Crippen LogP contribution in [0.15, 0.2) is 48.5 Å². The molecule has 0 aromatic heterocycles. The van der Waals surface area contributed by atoms with Gasteiger partial charge in [0.2, 0.25) is 5.91 Å². The molecule has 0 spiro atoms. The smallest absolute Gasteiger partial charge is 0.257 e. The molecule has 1 saturated heterocycles.